The first-order valence-corrected chi connectivity index (χ1v) is 5.98. The van der Waals surface area contributed by atoms with E-state index in [4.69, 9.17) is 5.73 Å². The van der Waals surface area contributed by atoms with Crippen LogP contribution in [0.5, 0.6) is 0 Å². The van der Waals surface area contributed by atoms with Crippen LogP contribution in [0.15, 0.2) is 11.4 Å². The van der Waals surface area contributed by atoms with E-state index < -0.39 is 0 Å². The zero-order valence-corrected chi connectivity index (χ0v) is 10.0. The largest absolute Gasteiger partial charge is 0.326 e. The molecule has 0 radical (unpaired) electrons. The lowest BCUT2D eigenvalue weighted by molar-refractivity contribution is 0.459. The van der Waals surface area contributed by atoms with Crippen LogP contribution in [-0.4, -0.2) is 12.6 Å². The molecule has 1 rings (SSSR count). The summed E-state index contributed by atoms with van der Waals surface area (Å²) in [4.78, 5) is 1.42. The number of hydrogen-bond donors (Lipinski definition) is 2. The lowest BCUT2D eigenvalue weighted by atomic mass is 10.1. The molecule has 0 saturated heterocycles. The number of thiophene rings is 1. The van der Waals surface area contributed by atoms with Crippen molar-refractivity contribution in [3.63, 3.8) is 0 Å². The van der Waals surface area contributed by atoms with Crippen LogP contribution in [-0.2, 0) is 6.54 Å². The predicted molar refractivity (Wildman–Crippen MR) is 63.6 cm³/mol. The Kier molecular flexibility index (Phi) is 4.58. The van der Waals surface area contributed by atoms with Gasteiger partial charge in [-0.3, -0.25) is 0 Å². The maximum absolute atomic E-state index is 5.93. The second-order valence-corrected chi connectivity index (χ2v) is 5.07. The number of nitrogens with two attached hydrogens (primary N) is 1. The van der Waals surface area contributed by atoms with E-state index >= 15 is 0 Å². The van der Waals surface area contributed by atoms with E-state index in [1.54, 1.807) is 11.3 Å². The van der Waals surface area contributed by atoms with Crippen LogP contribution < -0.4 is 11.1 Å². The molecule has 1 heterocycles. The number of hydrogen-bond acceptors (Lipinski definition) is 3. The first-order chi connectivity index (χ1) is 6.61. The molecule has 3 heteroatoms. The van der Waals surface area contributed by atoms with Crippen molar-refractivity contribution in [1.82, 2.24) is 5.32 Å². The minimum atomic E-state index is 0.260. The van der Waals surface area contributed by atoms with Gasteiger partial charge in [-0.25, -0.2) is 0 Å². The zero-order valence-electron chi connectivity index (χ0n) is 9.21. The normalized spacial score (nSPS) is 13.5. The maximum Gasteiger partial charge on any atom is 0.0303 e. The van der Waals surface area contributed by atoms with Gasteiger partial charge in [-0.05, 0) is 29.9 Å². The van der Waals surface area contributed by atoms with Crippen LogP contribution in [0.2, 0.25) is 0 Å². The fourth-order valence-electron chi connectivity index (χ4n) is 1.17. The van der Waals surface area contributed by atoms with Crippen molar-refractivity contribution in [1.29, 1.82) is 0 Å². The third-order valence-corrected chi connectivity index (χ3v) is 3.51. The smallest absolute Gasteiger partial charge is 0.0303 e. The molecule has 80 valence electrons. The standard InChI is InChI=1S/C11H20N2S/c1-8(2)10(12)6-13-7-11-9(3)4-5-14-11/h4-5,8,10,13H,6-7,12H2,1-3H3. The fourth-order valence-corrected chi connectivity index (χ4v) is 2.05. The highest BCUT2D eigenvalue weighted by atomic mass is 32.1. The Morgan fingerprint density at radius 1 is 1.50 bits per heavy atom. The molecule has 1 unspecified atom stereocenters. The van der Waals surface area contributed by atoms with Crippen molar-refractivity contribution in [2.24, 2.45) is 11.7 Å². The van der Waals surface area contributed by atoms with E-state index in [9.17, 15) is 0 Å². The molecular formula is C11H20N2S. The highest BCUT2D eigenvalue weighted by Crippen LogP contribution is 2.14. The van der Waals surface area contributed by atoms with Crippen LogP contribution in [0.3, 0.4) is 0 Å². The Hall–Kier alpha value is -0.380. The van der Waals surface area contributed by atoms with E-state index in [2.05, 4.69) is 37.5 Å². The van der Waals surface area contributed by atoms with Gasteiger partial charge in [0.05, 0.1) is 0 Å². The Morgan fingerprint density at radius 3 is 2.71 bits per heavy atom. The third kappa shape index (κ3) is 3.40. The third-order valence-electron chi connectivity index (χ3n) is 2.49. The van der Waals surface area contributed by atoms with Crippen molar-refractivity contribution in [2.75, 3.05) is 6.54 Å². The van der Waals surface area contributed by atoms with Gasteiger partial charge in [-0.15, -0.1) is 11.3 Å². The van der Waals surface area contributed by atoms with Crippen molar-refractivity contribution in [3.8, 4) is 0 Å². The molecule has 0 aliphatic rings. The summed E-state index contributed by atoms with van der Waals surface area (Å²) in [6.45, 7) is 8.31. The summed E-state index contributed by atoms with van der Waals surface area (Å²) in [5, 5.41) is 5.53. The lowest BCUT2D eigenvalue weighted by Gasteiger charge is -2.15. The first kappa shape index (κ1) is 11.7. The van der Waals surface area contributed by atoms with Gasteiger partial charge in [-0.1, -0.05) is 13.8 Å². The van der Waals surface area contributed by atoms with Gasteiger partial charge in [0, 0.05) is 24.0 Å². The summed E-state index contributed by atoms with van der Waals surface area (Å²) < 4.78 is 0. The molecule has 3 N–H and O–H groups in total. The van der Waals surface area contributed by atoms with Crippen molar-refractivity contribution in [2.45, 2.75) is 33.4 Å². The highest BCUT2D eigenvalue weighted by molar-refractivity contribution is 7.10. The molecule has 0 aliphatic heterocycles. The van der Waals surface area contributed by atoms with E-state index in [1.165, 1.54) is 10.4 Å². The molecule has 1 atom stereocenters. The number of rotatable bonds is 5. The van der Waals surface area contributed by atoms with Crippen LogP contribution >= 0.6 is 11.3 Å². The van der Waals surface area contributed by atoms with Crippen LogP contribution in [0, 0.1) is 12.8 Å². The van der Waals surface area contributed by atoms with E-state index in [-0.39, 0.29) is 6.04 Å². The van der Waals surface area contributed by atoms with Crippen molar-refractivity contribution >= 4 is 11.3 Å². The van der Waals surface area contributed by atoms with Gasteiger partial charge in [0.2, 0.25) is 0 Å². The Balaban J connectivity index is 2.25. The Morgan fingerprint density at radius 2 is 2.21 bits per heavy atom. The lowest BCUT2D eigenvalue weighted by Crippen LogP contribution is -2.37. The quantitative estimate of drug-likeness (QED) is 0.784. The molecule has 0 aromatic carbocycles. The molecule has 0 bridgehead atoms. The van der Waals surface area contributed by atoms with Crippen LogP contribution in [0.1, 0.15) is 24.3 Å². The molecule has 0 amide bonds. The Labute approximate surface area is 90.5 Å². The second kappa shape index (κ2) is 5.49. The topological polar surface area (TPSA) is 38.0 Å². The van der Waals surface area contributed by atoms with E-state index in [0.717, 1.165) is 13.1 Å². The van der Waals surface area contributed by atoms with E-state index in [0.29, 0.717) is 5.92 Å². The predicted octanol–water partition coefficient (Wildman–Crippen LogP) is 2.13. The van der Waals surface area contributed by atoms with Gasteiger partial charge in [-0.2, -0.15) is 0 Å². The zero-order chi connectivity index (χ0) is 10.6. The highest BCUT2D eigenvalue weighted by Gasteiger charge is 2.06. The van der Waals surface area contributed by atoms with E-state index in [1.807, 2.05) is 0 Å². The summed E-state index contributed by atoms with van der Waals surface area (Å²) >= 11 is 1.81. The summed E-state index contributed by atoms with van der Waals surface area (Å²) in [6.07, 6.45) is 0. The molecular weight excluding hydrogens is 192 g/mol. The molecule has 1 aromatic rings. The molecule has 2 nitrogen and oxygen atoms in total. The fraction of sp³-hybridized carbons (Fsp3) is 0.636. The average Bonchev–Trinajstić information content (AvgIpc) is 2.51. The van der Waals surface area contributed by atoms with Crippen molar-refractivity contribution in [3.05, 3.63) is 21.9 Å². The Bertz CT molecular complexity index is 268. The molecule has 0 aliphatic carbocycles. The SMILES string of the molecule is Cc1ccsc1CNCC(N)C(C)C. The molecule has 14 heavy (non-hydrogen) atoms. The minimum Gasteiger partial charge on any atom is -0.326 e. The van der Waals surface area contributed by atoms with Crippen molar-refractivity contribution < 1.29 is 0 Å². The minimum absolute atomic E-state index is 0.260. The van der Waals surface area contributed by atoms with Gasteiger partial charge >= 0.3 is 0 Å². The summed E-state index contributed by atoms with van der Waals surface area (Å²) in [7, 11) is 0. The molecule has 0 spiro atoms. The second-order valence-electron chi connectivity index (χ2n) is 4.07. The van der Waals surface area contributed by atoms with Gasteiger partial charge < -0.3 is 11.1 Å². The summed E-state index contributed by atoms with van der Waals surface area (Å²) in [6, 6.07) is 2.42. The van der Waals surface area contributed by atoms with Gasteiger partial charge in [0.25, 0.3) is 0 Å². The van der Waals surface area contributed by atoms with Gasteiger partial charge in [0.1, 0.15) is 0 Å². The first-order valence-electron chi connectivity index (χ1n) is 5.10. The molecule has 0 saturated carbocycles. The summed E-state index contributed by atoms with van der Waals surface area (Å²) in [5.74, 6) is 0.548. The molecule has 0 fully saturated rings. The number of aryl methyl sites for hydroxylation is 1. The monoisotopic (exact) mass is 212 g/mol. The van der Waals surface area contributed by atoms with Crippen LogP contribution in [0.25, 0.3) is 0 Å². The number of nitrogens with one attached hydrogen (secondary N) is 1. The molecule has 1 aromatic heterocycles. The maximum atomic E-state index is 5.93. The van der Waals surface area contributed by atoms with Crippen LogP contribution in [0.4, 0.5) is 0 Å². The van der Waals surface area contributed by atoms with Gasteiger partial charge in [0.15, 0.2) is 0 Å². The summed E-state index contributed by atoms with van der Waals surface area (Å²) in [5.41, 5.74) is 7.31. The average molecular weight is 212 g/mol.